The van der Waals surface area contributed by atoms with Crippen molar-refractivity contribution < 1.29 is 9.53 Å². The van der Waals surface area contributed by atoms with Gasteiger partial charge in [-0.1, -0.05) is 82.7 Å². The average Bonchev–Trinajstić information content (AvgIpc) is 2.78. The minimum atomic E-state index is -0.270. The number of fused-ring (bicyclic) bond motifs is 1. The highest BCUT2D eigenvalue weighted by Gasteiger charge is 2.11. The van der Waals surface area contributed by atoms with Crippen molar-refractivity contribution in [1.29, 1.82) is 0 Å². The standard InChI is InChI=1S/C25H18Br2N2O2/c26-20-13-19(24(23(27)14-20)31-16-17-7-2-1-3-8-17)15-28-29-25(30)22-12-6-10-18-9-4-5-11-21(18)22/h1-15H,16H2,(H,29,30). The molecule has 4 aromatic rings. The highest BCUT2D eigenvalue weighted by atomic mass is 79.9. The number of benzene rings is 4. The van der Waals surface area contributed by atoms with E-state index in [4.69, 9.17) is 4.74 Å². The fourth-order valence-corrected chi connectivity index (χ4v) is 4.57. The van der Waals surface area contributed by atoms with Gasteiger partial charge in [-0.05, 0) is 50.5 Å². The molecule has 0 fully saturated rings. The fourth-order valence-electron chi connectivity index (χ4n) is 3.20. The van der Waals surface area contributed by atoms with Gasteiger partial charge in [0.05, 0.1) is 10.7 Å². The summed E-state index contributed by atoms with van der Waals surface area (Å²) in [5, 5.41) is 6.07. The Kier molecular flexibility index (Phi) is 6.79. The second-order valence-electron chi connectivity index (χ2n) is 6.81. The summed E-state index contributed by atoms with van der Waals surface area (Å²) in [5.74, 6) is 0.379. The number of hydrogen-bond donors (Lipinski definition) is 1. The van der Waals surface area contributed by atoms with Crippen molar-refractivity contribution in [1.82, 2.24) is 5.43 Å². The van der Waals surface area contributed by atoms with Crippen LogP contribution in [-0.4, -0.2) is 12.1 Å². The van der Waals surface area contributed by atoms with Crippen LogP contribution in [-0.2, 0) is 6.61 Å². The van der Waals surface area contributed by atoms with E-state index in [2.05, 4.69) is 42.4 Å². The molecule has 0 aromatic heterocycles. The predicted molar refractivity (Wildman–Crippen MR) is 132 cm³/mol. The van der Waals surface area contributed by atoms with Crippen molar-refractivity contribution in [3.63, 3.8) is 0 Å². The number of carbonyl (C=O) groups excluding carboxylic acids is 1. The summed E-state index contributed by atoms with van der Waals surface area (Å²) in [4.78, 5) is 12.7. The number of rotatable bonds is 6. The van der Waals surface area contributed by atoms with E-state index < -0.39 is 0 Å². The molecule has 1 amide bonds. The number of halogens is 2. The van der Waals surface area contributed by atoms with Crippen molar-refractivity contribution in [2.45, 2.75) is 6.61 Å². The molecule has 4 nitrogen and oxygen atoms in total. The highest BCUT2D eigenvalue weighted by molar-refractivity contribution is 9.11. The van der Waals surface area contributed by atoms with Crippen LogP contribution in [0.4, 0.5) is 0 Å². The van der Waals surface area contributed by atoms with Crippen LogP contribution in [0, 0.1) is 0 Å². The van der Waals surface area contributed by atoms with Crippen LogP contribution in [0.5, 0.6) is 5.75 Å². The Hall–Kier alpha value is -2.96. The summed E-state index contributed by atoms with van der Waals surface area (Å²) >= 11 is 7.05. The Labute approximate surface area is 197 Å². The van der Waals surface area contributed by atoms with Crippen LogP contribution >= 0.6 is 31.9 Å². The zero-order valence-electron chi connectivity index (χ0n) is 16.4. The van der Waals surface area contributed by atoms with Crippen LogP contribution in [0.3, 0.4) is 0 Å². The molecule has 0 aliphatic rings. The van der Waals surface area contributed by atoms with E-state index in [1.807, 2.05) is 78.9 Å². The zero-order chi connectivity index (χ0) is 21.6. The van der Waals surface area contributed by atoms with Gasteiger partial charge in [0.2, 0.25) is 0 Å². The molecule has 0 radical (unpaired) electrons. The molecule has 0 aliphatic heterocycles. The van der Waals surface area contributed by atoms with Crippen molar-refractivity contribution in [3.05, 3.63) is 111 Å². The summed E-state index contributed by atoms with van der Waals surface area (Å²) < 4.78 is 7.70. The van der Waals surface area contributed by atoms with Gasteiger partial charge in [-0.15, -0.1) is 0 Å². The van der Waals surface area contributed by atoms with Crippen LogP contribution < -0.4 is 10.2 Å². The molecular formula is C25H18Br2N2O2. The van der Waals surface area contributed by atoms with E-state index in [-0.39, 0.29) is 5.91 Å². The van der Waals surface area contributed by atoms with Crippen molar-refractivity contribution in [3.8, 4) is 5.75 Å². The molecule has 154 valence electrons. The summed E-state index contributed by atoms with van der Waals surface area (Å²) in [7, 11) is 0. The first-order chi connectivity index (χ1) is 15.1. The molecule has 4 aromatic carbocycles. The van der Waals surface area contributed by atoms with E-state index in [1.165, 1.54) is 0 Å². The maximum absolute atomic E-state index is 12.7. The summed E-state index contributed by atoms with van der Waals surface area (Å²) in [6, 6.07) is 27.1. The molecule has 0 spiro atoms. The van der Waals surface area contributed by atoms with Crippen LogP contribution in [0.1, 0.15) is 21.5 Å². The molecule has 31 heavy (non-hydrogen) atoms. The fraction of sp³-hybridized carbons (Fsp3) is 0.0400. The number of nitrogens with zero attached hydrogens (tertiary/aromatic N) is 1. The molecular weight excluding hydrogens is 520 g/mol. The topological polar surface area (TPSA) is 50.7 Å². The lowest BCUT2D eigenvalue weighted by atomic mass is 10.0. The van der Waals surface area contributed by atoms with Crippen molar-refractivity contribution >= 4 is 54.8 Å². The minimum absolute atomic E-state index is 0.270. The Balaban J connectivity index is 1.53. The first kappa shape index (κ1) is 21.3. The maximum Gasteiger partial charge on any atom is 0.271 e. The number of hydrazone groups is 1. The summed E-state index contributed by atoms with van der Waals surface area (Å²) in [6.45, 7) is 0.421. The third-order valence-electron chi connectivity index (χ3n) is 4.67. The van der Waals surface area contributed by atoms with Gasteiger partial charge in [-0.25, -0.2) is 5.43 Å². The highest BCUT2D eigenvalue weighted by Crippen LogP contribution is 2.32. The number of carbonyl (C=O) groups is 1. The van der Waals surface area contributed by atoms with Crippen molar-refractivity contribution in [2.24, 2.45) is 5.10 Å². The van der Waals surface area contributed by atoms with Gasteiger partial charge in [-0.2, -0.15) is 5.10 Å². The number of nitrogens with one attached hydrogen (secondary N) is 1. The molecule has 0 saturated heterocycles. The predicted octanol–water partition coefficient (Wildman–Crippen LogP) is 6.71. The average molecular weight is 538 g/mol. The molecule has 1 N–H and O–H groups in total. The summed E-state index contributed by atoms with van der Waals surface area (Å²) in [5.41, 5.74) is 4.99. The smallest absolute Gasteiger partial charge is 0.271 e. The quantitative estimate of drug-likeness (QED) is 0.219. The van der Waals surface area contributed by atoms with Gasteiger partial charge >= 0.3 is 0 Å². The third-order valence-corrected chi connectivity index (χ3v) is 5.71. The van der Waals surface area contributed by atoms with Gasteiger partial charge in [-0.3, -0.25) is 4.79 Å². The SMILES string of the molecule is O=C(NN=Cc1cc(Br)cc(Br)c1OCc1ccccc1)c1cccc2ccccc12. The van der Waals surface area contributed by atoms with E-state index in [9.17, 15) is 4.79 Å². The number of amides is 1. The van der Waals surface area contributed by atoms with Crippen LogP contribution in [0.25, 0.3) is 10.8 Å². The second-order valence-corrected chi connectivity index (χ2v) is 8.58. The van der Waals surface area contributed by atoms with Gasteiger partial charge in [0.1, 0.15) is 12.4 Å². The van der Waals surface area contributed by atoms with Gasteiger partial charge in [0.25, 0.3) is 5.91 Å². The largest absolute Gasteiger partial charge is 0.487 e. The van der Waals surface area contributed by atoms with Crippen LogP contribution in [0.2, 0.25) is 0 Å². The first-order valence-corrected chi connectivity index (χ1v) is 11.2. The molecule has 0 aliphatic carbocycles. The van der Waals surface area contributed by atoms with Gasteiger partial charge in [0.15, 0.2) is 0 Å². The number of hydrogen-bond acceptors (Lipinski definition) is 3. The molecule has 0 unspecified atom stereocenters. The minimum Gasteiger partial charge on any atom is -0.487 e. The maximum atomic E-state index is 12.7. The van der Waals surface area contributed by atoms with Crippen molar-refractivity contribution in [2.75, 3.05) is 0 Å². The zero-order valence-corrected chi connectivity index (χ0v) is 19.6. The van der Waals surface area contributed by atoms with E-state index in [0.29, 0.717) is 17.9 Å². The third kappa shape index (κ3) is 5.21. The lowest BCUT2D eigenvalue weighted by Gasteiger charge is -2.12. The second kappa shape index (κ2) is 9.90. The Bertz CT molecular complexity index is 1250. The molecule has 4 rings (SSSR count). The molecule has 0 heterocycles. The number of ether oxygens (including phenoxy) is 1. The normalized spacial score (nSPS) is 11.0. The Morgan fingerprint density at radius 1 is 0.935 bits per heavy atom. The molecule has 0 saturated carbocycles. The first-order valence-electron chi connectivity index (χ1n) is 9.59. The monoisotopic (exact) mass is 536 g/mol. The lowest BCUT2D eigenvalue weighted by Crippen LogP contribution is -2.18. The lowest BCUT2D eigenvalue weighted by molar-refractivity contribution is 0.0957. The Morgan fingerprint density at radius 3 is 2.52 bits per heavy atom. The van der Waals surface area contributed by atoms with E-state index in [1.54, 1.807) is 12.3 Å². The van der Waals surface area contributed by atoms with Gasteiger partial charge < -0.3 is 4.74 Å². The van der Waals surface area contributed by atoms with E-state index in [0.717, 1.165) is 30.8 Å². The molecule has 0 bridgehead atoms. The summed E-state index contributed by atoms with van der Waals surface area (Å²) in [6.07, 6.45) is 1.58. The molecule has 6 heteroatoms. The van der Waals surface area contributed by atoms with Crippen LogP contribution in [0.15, 0.2) is 99.0 Å². The molecule has 0 atom stereocenters. The Morgan fingerprint density at radius 2 is 1.68 bits per heavy atom. The van der Waals surface area contributed by atoms with E-state index >= 15 is 0 Å². The van der Waals surface area contributed by atoms with Gasteiger partial charge in [0, 0.05) is 15.6 Å².